The standard InChI is InChI=1S/C14H14N2O3S2/c17-13-6-4-11-8-10(3-5-12(11)16-13)9-15-21(18,19)14-2-1-7-20-14/h1-3,5,7-8,15H,4,6,9H2,(H,16,17). The van der Waals surface area contributed by atoms with Crippen molar-refractivity contribution in [3.05, 3.63) is 46.8 Å². The number of hydrogen-bond donors (Lipinski definition) is 2. The van der Waals surface area contributed by atoms with Gasteiger partial charge in [-0.3, -0.25) is 4.79 Å². The van der Waals surface area contributed by atoms with Gasteiger partial charge in [-0.05, 0) is 35.1 Å². The molecule has 2 N–H and O–H groups in total. The zero-order valence-electron chi connectivity index (χ0n) is 11.1. The van der Waals surface area contributed by atoms with Crippen LogP contribution in [-0.2, 0) is 27.8 Å². The van der Waals surface area contributed by atoms with Gasteiger partial charge < -0.3 is 5.32 Å². The number of carbonyl (C=O) groups excluding carboxylic acids is 1. The minimum absolute atomic E-state index is 0.0219. The normalized spacial score (nSPS) is 14.6. The van der Waals surface area contributed by atoms with Crippen LogP contribution in [0.1, 0.15) is 17.5 Å². The number of hydrogen-bond acceptors (Lipinski definition) is 4. The molecular formula is C14H14N2O3S2. The van der Waals surface area contributed by atoms with Gasteiger partial charge in [-0.2, -0.15) is 0 Å². The van der Waals surface area contributed by atoms with Crippen LogP contribution in [0.25, 0.3) is 0 Å². The summed E-state index contributed by atoms with van der Waals surface area (Å²) in [4.78, 5) is 11.3. The average Bonchev–Trinajstić information content (AvgIpc) is 3.00. The monoisotopic (exact) mass is 322 g/mol. The Morgan fingerprint density at radius 3 is 2.86 bits per heavy atom. The van der Waals surface area contributed by atoms with Crippen molar-refractivity contribution >= 4 is 33.0 Å². The zero-order valence-corrected chi connectivity index (χ0v) is 12.8. The highest BCUT2D eigenvalue weighted by Crippen LogP contribution is 2.24. The summed E-state index contributed by atoms with van der Waals surface area (Å²) in [5, 5.41) is 4.54. The van der Waals surface area contributed by atoms with Gasteiger partial charge in [-0.15, -0.1) is 11.3 Å². The number of sulfonamides is 1. The van der Waals surface area contributed by atoms with Gasteiger partial charge in [0.25, 0.3) is 0 Å². The van der Waals surface area contributed by atoms with Gasteiger partial charge in [-0.1, -0.05) is 18.2 Å². The van der Waals surface area contributed by atoms with Gasteiger partial charge in [0.15, 0.2) is 0 Å². The van der Waals surface area contributed by atoms with E-state index in [9.17, 15) is 13.2 Å². The molecule has 5 nitrogen and oxygen atoms in total. The quantitative estimate of drug-likeness (QED) is 0.905. The maximum atomic E-state index is 12.0. The summed E-state index contributed by atoms with van der Waals surface area (Å²) in [6.07, 6.45) is 1.16. The van der Waals surface area contributed by atoms with Crippen molar-refractivity contribution in [2.75, 3.05) is 5.32 Å². The summed E-state index contributed by atoms with van der Waals surface area (Å²) in [6.45, 7) is 0.238. The fourth-order valence-electron chi connectivity index (χ4n) is 2.21. The molecule has 7 heteroatoms. The number of nitrogens with one attached hydrogen (secondary N) is 2. The van der Waals surface area contributed by atoms with E-state index in [-0.39, 0.29) is 12.5 Å². The van der Waals surface area contributed by atoms with E-state index in [0.717, 1.165) is 16.8 Å². The second kappa shape index (κ2) is 5.59. The van der Waals surface area contributed by atoms with E-state index in [1.165, 1.54) is 11.3 Å². The first-order valence-electron chi connectivity index (χ1n) is 6.49. The maximum Gasteiger partial charge on any atom is 0.250 e. The van der Waals surface area contributed by atoms with Gasteiger partial charge in [0.2, 0.25) is 15.9 Å². The van der Waals surface area contributed by atoms with E-state index < -0.39 is 10.0 Å². The summed E-state index contributed by atoms with van der Waals surface area (Å²) >= 11 is 1.19. The molecule has 1 amide bonds. The Hall–Kier alpha value is -1.70. The molecule has 0 unspecified atom stereocenters. The van der Waals surface area contributed by atoms with Crippen LogP contribution in [0.5, 0.6) is 0 Å². The van der Waals surface area contributed by atoms with E-state index >= 15 is 0 Å². The van der Waals surface area contributed by atoms with E-state index in [2.05, 4.69) is 10.0 Å². The Kier molecular flexibility index (Phi) is 3.79. The van der Waals surface area contributed by atoms with E-state index in [0.29, 0.717) is 17.1 Å². The molecule has 0 atom stereocenters. The summed E-state index contributed by atoms with van der Waals surface area (Å²) < 4.78 is 27.0. The topological polar surface area (TPSA) is 75.3 Å². The number of rotatable bonds is 4. The highest BCUT2D eigenvalue weighted by molar-refractivity contribution is 7.91. The van der Waals surface area contributed by atoms with Crippen molar-refractivity contribution in [1.29, 1.82) is 0 Å². The van der Waals surface area contributed by atoms with Gasteiger partial charge in [-0.25, -0.2) is 13.1 Å². The number of thiophene rings is 1. The number of benzene rings is 1. The first-order chi connectivity index (χ1) is 10.0. The van der Waals surface area contributed by atoms with Crippen molar-refractivity contribution < 1.29 is 13.2 Å². The van der Waals surface area contributed by atoms with Crippen LogP contribution in [0, 0.1) is 0 Å². The number of amides is 1. The molecule has 2 heterocycles. The van der Waals surface area contributed by atoms with Gasteiger partial charge in [0, 0.05) is 18.7 Å². The second-order valence-electron chi connectivity index (χ2n) is 4.80. The Labute approximate surface area is 127 Å². The van der Waals surface area contributed by atoms with Crippen LogP contribution in [0.4, 0.5) is 5.69 Å². The van der Waals surface area contributed by atoms with Gasteiger partial charge >= 0.3 is 0 Å². The molecular weight excluding hydrogens is 308 g/mol. The number of aryl methyl sites for hydroxylation is 1. The number of carbonyl (C=O) groups is 1. The molecule has 1 aliphatic heterocycles. The molecule has 3 rings (SSSR count). The molecule has 110 valence electrons. The van der Waals surface area contributed by atoms with Crippen molar-refractivity contribution in [2.45, 2.75) is 23.6 Å². The third-order valence-electron chi connectivity index (χ3n) is 3.29. The largest absolute Gasteiger partial charge is 0.326 e. The molecule has 21 heavy (non-hydrogen) atoms. The van der Waals surface area contributed by atoms with Crippen LogP contribution in [0.2, 0.25) is 0 Å². The number of fused-ring (bicyclic) bond motifs is 1. The second-order valence-corrected chi connectivity index (χ2v) is 7.74. The molecule has 0 spiro atoms. The van der Waals surface area contributed by atoms with Gasteiger partial charge in [0.1, 0.15) is 4.21 Å². The van der Waals surface area contributed by atoms with E-state index in [4.69, 9.17) is 0 Å². The molecule has 0 aliphatic carbocycles. The third-order valence-corrected chi connectivity index (χ3v) is 6.09. The lowest BCUT2D eigenvalue weighted by Gasteiger charge is -2.17. The Morgan fingerprint density at radius 2 is 2.10 bits per heavy atom. The lowest BCUT2D eigenvalue weighted by atomic mass is 10.0. The molecule has 0 saturated heterocycles. The molecule has 2 aromatic rings. The predicted octanol–water partition coefficient (Wildman–Crippen LogP) is 2.11. The number of anilines is 1. The fourth-order valence-corrected chi connectivity index (χ4v) is 4.27. The fraction of sp³-hybridized carbons (Fsp3) is 0.214. The summed E-state index contributed by atoms with van der Waals surface area (Å²) in [5.41, 5.74) is 2.74. The summed E-state index contributed by atoms with van der Waals surface area (Å²) in [7, 11) is -3.45. The Morgan fingerprint density at radius 1 is 1.24 bits per heavy atom. The highest BCUT2D eigenvalue weighted by Gasteiger charge is 2.17. The zero-order chi connectivity index (χ0) is 14.9. The maximum absolute atomic E-state index is 12.0. The minimum atomic E-state index is -3.45. The van der Waals surface area contributed by atoms with Crippen molar-refractivity contribution in [1.82, 2.24) is 4.72 Å². The highest BCUT2D eigenvalue weighted by atomic mass is 32.2. The van der Waals surface area contributed by atoms with E-state index in [1.54, 1.807) is 17.5 Å². The lowest BCUT2D eigenvalue weighted by molar-refractivity contribution is -0.116. The Bertz CT molecular complexity index is 768. The Balaban J connectivity index is 1.73. The smallest absolute Gasteiger partial charge is 0.250 e. The predicted molar refractivity (Wildman–Crippen MR) is 81.7 cm³/mol. The van der Waals surface area contributed by atoms with Crippen LogP contribution in [-0.4, -0.2) is 14.3 Å². The van der Waals surface area contributed by atoms with Crippen LogP contribution < -0.4 is 10.0 Å². The first-order valence-corrected chi connectivity index (χ1v) is 8.86. The molecule has 0 fully saturated rings. The summed E-state index contributed by atoms with van der Waals surface area (Å²) in [5.74, 6) is 0.0219. The molecule has 1 aliphatic rings. The molecule has 0 saturated carbocycles. The van der Waals surface area contributed by atoms with Crippen molar-refractivity contribution in [3.8, 4) is 0 Å². The van der Waals surface area contributed by atoms with Crippen LogP contribution in [0.3, 0.4) is 0 Å². The minimum Gasteiger partial charge on any atom is -0.326 e. The van der Waals surface area contributed by atoms with Crippen molar-refractivity contribution in [2.24, 2.45) is 0 Å². The lowest BCUT2D eigenvalue weighted by Crippen LogP contribution is -2.23. The van der Waals surface area contributed by atoms with E-state index in [1.807, 2.05) is 18.2 Å². The molecule has 1 aromatic carbocycles. The summed E-state index contributed by atoms with van der Waals surface area (Å²) in [6, 6.07) is 8.87. The third kappa shape index (κ3) is 3.15. The van der Waals surface area contributed by atoms with Crippen LogP contribution >= 0.6 is 11.3 Å². The first kappa shape index (κ1) is 14.2. The molecule has 0 bridgehead atoms. The molecule has 0 radical (unpaired) electrons. The average molecular weight is 322 g/mol. The molecule has 1 aromatic heterocycles. The van der Waals surface area contributed by atoms with Gasteiger partial charge in [0.05, 0.1) is 0 Å². The SMILES string of the molecule is O=C1CCc2cc(CNS(=O)(=O)c3cccs3)ccc2N1. The van der Waals surface area contributed by atoms with Crippen LogP contribution in [0.15, 0.2) is 39.9 Å². The van der Waals surface area contributed by atoms with Crippen molar-refractivity contribution in [3.63, 3.8) is 0 Å².